The topological polar surface area (TPSA) is 95.9 Å². The summed E-state index contributed by atoms with van der Waals surface area (Å²) in [5.41, 5.74) is -1.66. The number of amides is 1. The van der Waals surface area contributed by atoms with Crippen molar-refractivity contribution in [1.29, 1.82) is 0 Å². The molecule has 1 amide bonds. The Morgan fingerprint density at radius 2 is 2.00 bits per heavy atom. The quantitative estimate of drug-likeness (QED) is 0.618. The second-order valence-corrected chi connectivity index (χ2v) is 4.11. The SMILES string of the molecule is O=C(NC1(C(F)F)CC1)OP(=O)(O)O. The van der Waals surface area contributed by atoms with Gasteiger partial charge in [0, 0.05) is 0 Å². The van der Waals surface area contributed by atoms with Crippen molar-refractivity contribution in [2.24, 2.45) is 0 Å². The largest absolute Gasteiger partial charge is 0.528 e. The molecule has 0 aromatic rings. The second kappa shape index (κ2) is 3.45. The normalized spacial score (nSPS) is 19.2. The minimum Gasteiger partial charge on any atom is -0.354 e. The van der Waals surface area contributed by atoms with Gasteiger partial charge in [-0.25, -0.2) is 18.1 Å². The number of hydrogen-bond acceptors (Lipinski definition) is 3. The number of nitrogens with one attached hydrogen (secondary N) is 1. The van der Waals surface area contributed by atoms with Gasteiger partial charge in [0.2, 0.25) is 0 Å². The van der Waals surface area contributed by atoms with Gasteiger partial charge in [-0.3, -0.25) is 9.79 Å². The lowest BCUT2D eigenvalue weighted by atomic mass is 10.3. The zero-order chi connectivity index (χ0) is 11.0. The van der Waals surface area contributed by atoms with Crippen molar-refractivity contribution >= 4 is 13.9 Å². The van der Waals surface area contributed by atoms with Crippen molar-refractivity contribution in [3.63, 3.8) is 0 Å². The van der Waals surface area contributed by atoms with Crippen LogP contribution >= 0.6 is 7.82 Å². The van der Waals surface area contributed by atoms with Gasteiger partial charge in [-0.1, -0.05) is 0 Å². The Morgan fingerprint density at radius 1 is 1.50 bits per heavy atom. The van der Waals surface area contributed by atoms with E-state index in [2.05, 4.69) is 4.52 Å². The Kier molecular flexibility index (Phi) is 2.80. The molecule has 1 saturated carbocycles. The Morgan fingerprint density at radius 3 is 2.29 bits per heavy atom. The van der Waals surface area contributed by atoms with Crippen LogP contribution in [0.4, 0.5) is 13.6 Å². The standard InChI is InChI=1S/C5H8F2NO5P/c6-3(7)5(1-2-5)8-4(9)13-14(10,11)12/h3H,1-2H2,(H,8,9)(H2,10,11,12). The smallest absolute Gasteiger partial charge is 0.354 e. The van der Waals surface area contributed by atoms with Crippen LogP contribution in [0.2, 0.25) is 0 Å². The van der Waals surface area contributed by atoms with Gasteiger partial charge in [0.15, 0.2) is 0 Å². The van der Waals surface area contributed by atoms with Crippen LogP contribution in [0.3, 0.4) is 0 Å². The number of rotatable bonds is 3. The maximum Gasteiger partial charge on any atom is 0.528 e. The number of halogens is 2. The zero-order valence-electron chi connectivity index (χ0n) is 6.81. The maximum atomic E-state index is 12.2. The summed E-state index contributed by atoms with van der Waals surface area (Å²) in [5.74, 6) is 0. The molecule has 0 unspecified atom stereocenters. The molecule has 6 nitrogen and oxygen atoms in total. The van der Waals surface area contributed by atoms with Gasteiger partial charge in [-0.2, -0.15) is 0 Å². The molecule has 14 heavy (non-hydrogen) atoms. The molecule has 9 heteroatoms. The highest BCUT2D eigenvalue weighted by molar-refractivity contribution is 7.46. The summed E-state index contributed by atoms with van der Waals surface area (Å²) in [5, 5.41) is 1.72. The van der Waals surface area contributed by atoms with Crippen LogP contribution in [-0.2, 0) is 9.09 Å². The molecule has 3 N–H and O–H groups in total. The van der Waals surface area contributed by atoms with Gasteiger partial charge in [0.25, 0.3) is 6.43 Å². The van der Waals surface area contributed by atoms with Crippen molar-refractivity contribution in [2.75, 3.05) is 0 Å². The Balaban J connectivity index is 2.46. The number of carbonyl (C=O) groups is 1. The van der Waals surface area contributed by atoms with Gasteiger partial charge in [-0.15, -0.1) is 0 Å². The van der Waals surface area contributed by atoms with E-state index < -0.39 is 25.9 Å². The van der Waals surface area contributed by atoms with E-state index in [1.807, 2.05) is 0 Å². The summed E-state index contributed by atoms with van der Waals surface area (Å²) in [6, 6.07) is 0. The van der Waals surface area contributed by atoms with E-state index >= 15 is 0 Å². The molecule has 0 saturated heterocycles. The van der Waals surface area contributed by atoms with E-state index in [0.29, 0.717) is 0 Å². The molecule has 1 aliphatic carbocycles. The minimum atomic E-state index is -4.97. The fraction of sp³-hybridized carbons (Fsp3) is 0.800. The van der Waals surface area contributed by atoms with Crippen LogP contribution in [-0.4, -0.2) is 27.8 Å². The van der Waals surface area contributed by atoms with Crippen LogP contribution in [0.1, 0.15) is 12.8 Å². The highest BCUT2D eigenvalue weighted by atomic mass is 31.2. The minimum absolute atomic E-state index is 0.0704. The maximum absolute atomic E-state index is 12.2. The van der Waals surface area contributed by atoms with E-state index in [-0.39, 0.29) is 12.8 Å². The number of carbonyl (C=O) groups excluding carboxylic acids is 1. The highest BCUT2D eigenvalue weighted by Crippen LogP contribution is 2.42. The van der Waals surface area contributed by atoms with Crippen molar-refractivity contribution in [3.8, 4) is 0 Å². The Labute approximate surface area is 77.5 Å². The summed E-state index contributed by atoms with van der Waals surface area (Å²) >= 11 is 0. The van der Waals surface area contributed by atoms with Crippen LogP contribution in [0.5, 0.6) is 0 Å². The van der Waals surface area contributed by atoms with E-state index in [1.54, 1.807) is 5.32 Å². The third kappa shape index (κ3) is 2.90. The fourth-order valence-corrected chi connectivity index (χ4v) is 1.13. The molecule has 1 aliphatic rings. The predicted molar refractivity (Wildman–Crippen MR) is 39.6 cm³/mol. The lowest BCUT2D eigenvalue weighted by Gasteiger charge is -2.15. The average Bonchev–Trinajstić information content (AvgIpc) is 2.63. The number of phosphoric acid groups is 1. The molecular weight excluding hydrogens is 223 g/mol. The first kappa shape index (κ1) is 11.4. The molecule has 0 radical (unpaired) electrons. The highest BCUT2D eigenvalue weighted by Gasteiger charge is 2.53. The fourth-order valence-electron chi connectivity index (χ4n) is 0.867. The molecule has 0 bridgehead atoms. The van der Waals surface area contributed by atoms with Gasteiger partial charge >= 0.3 is 13.9 Å². The number of hydrogen-bond donors (Lipinski definition) is 3. The molecule has 0 aromatic carbocycles. The first-order chi connectivity index (χ1) is 6.25. The summed E-state index contributed by atoms with van der Waals surface area (Å²) in [6.07, 6.45) is -4.16. The van der Waals surface area contributed by atoms with Gasteiger partial charge in [0.05, 0.1) is 0 Å². The number of phosphoric ester groups is 1. The van der Waals surface area contributed by atoms with Crippen LogP contribution < -0.4 is 5.32 Å². The van der Waals surface area contributed by atoms with E-state index in [1.165, 1.54) is 0 Å². The summed E-state index contributed by atoms with van der Waals surface area (Å²) in [7, 11) is -4.97. The van der Waals surface area contributed by atoms with Gasteiger partial charge < -0.3 is 9.84 Å². The van der Waals surface area contributed by atoms with Crippen molar-refractivity contribution in [3.05, 3.63) is 0 Å². The predicted octanol–water partition coefficient (Wildman–Crippen LogP) is 0.603. The second-order valence-electron chi connectivity index (χ2n) is 2.95. The molecule has 0 aliphatic heterocycles. The molecule has 0 heterocycles. The van der Waals surface area contributed by atoms with E-state index in [9.17, 15) is 18.1 Å². The zero-order valence-corrected chi connectivity index (χ0v) is 7.71. The number of alkyl halides is 2. The molecule has 1 rings (SSSR count). The van der Waals surface area contributed by atoms with Crippen molar-refractivity contribution in [2.45, 2.75) is 24.8 Å². The monoisotopic (exact) mass is 231 g/mol. The van der Waals surface area contributed by atoms with Crippen LogP contribution in [0.25, 0.3) is 0 Å². The third-order valence-electron chi connectivity index (χ3n) is 1.76. The first-order valence-electron chi connectivity index (χ1n) is 3.61. The van der Waals surface area contributed by atoms with E-state index in [4.69, 9.17) is 9.79 Å². The van der Waals surface area contributed by atoms with Crippen LogP contribution in [0, 0.1) is 0 Å². The van der Waals surface area contributed by atoms with Gasteiger partial charge in [0.1, 0.15) is 5.54 Å². The van der Waals surface area contributed by atoms with Crippen LogP contribution in [0.15, 0.2) is 0 Å². The Bertz CT molecular complexity index is 286. The Hall–Kier alpha value is -0.720. The van der Waals surface area contributed by atoms with Gasteiger partial charge in [-0.05, 0) is 12.8 Å². The first-order valence-corrected chi connectivity index (χ1v) is 5.14. The van der Waals surface area contributed by atoms with Crippen molar-refractivity contribution < 1.29 is 32.5 Å². The lowest BCUT2D eigenvalue weighted by molar-refractivity contribution is 0.0819. The lowest BCUT2D eigenvalue weighted by Crippen LogP contribution is -2.42. The summed E-state index contributed by atoms with van der Waals surface area (Å²) < 4.78 is 38.1. The van der Waals surface area contributed by atoms with E-state index in [0.717, 1.165) is 0 Å². The third-order valence-corrected chi connectivity index (χ3v) is 2.16. The molecule has 1 fully saturated rings. The summed E-state index contributed by atoms with van der Waals surface area (Å²) in [6.45, 7) is 0. The van der Waals surface area contributed by atoms with Crippen molar-refractivity contribution in [1.82, 2.24) is 5.32 Å². The molecule has 0 spiro atoms. The molecular formula is C5H8F2NO5P. The molecule has 82 valence electrons. The summed E-state index contributed by atoms with van der Waals surface area (Å²) in [4.78, 5) is 27.0. The molecule has 0 aromatic heterocycles. The molecule has 0 atom stereocenters. The average molecular weight is 231 g/mol.